The highest BCUT2D eigenvalue weighted by molar-refractivity contribution is 6.29. The normalized spacial score (nSPS) is 33.3. The maximum absolute atomic E-state index is 5.75. The first-order chi connectivity index (χ1) is 7.31. The number of nitrogens with one attached hydrogen (secondary N) is 1. The SMILES string of the molecule is Clc1ccc(NC2CC3CCC2C3)cn1. The van der Waals surface area contributed by atoms with Crippen LogP contribution in [0.5, 0.6) is 0 Å². The fourth-order valence-corrected chi connectivity index (χ4v) is 3.21. The second-order valence-electron chi connectivity index (χ2n) is 4.80. The maximum Gasteiger partial charge on any atom is 0.129 e. The van der Waals surface area contributed by atoms with E-state index >= 15 is 0 Å². The summed E-state index contributed by atoms with van der Waals surface area (Å²) in [4.78, 5) is 4.09. The molecular weight excluding hydrogens is 208 g/mol. The largest absolute Gasteiger partial charge is 0.381 e. The van der Waals surface area contributed by atoms with Crippen molar-refractivity contribution in [2.45, 2.75) is 31.7 Å². The summed E-state index contributed by atoms with van der Waals surface area (Å²) < 4.78 is 0. The first-order valence-electron chi connectivity index (χ1n) is 5.69. The maximum atomic E-state index is 5.75. The molecule has 0 aromatic carbocycles. The van der Waals surface area contributed by atoms with Crippen LogP contribution in [0, 0.1) is 11.8 Å². The van der Waals surface area contributed by atoms with Crippen LogP contribution >= 0.6 is 11.6 Å². The molecule has 1 aromatic rings. The number of hydrogen-bond acceptors (Lipinski definition) is 2. The van der Waals surface area contributed by atoms with Crippen LogP contribution in [0.1, 0.15) is 25.7 Å². The van der Waals surface area contributed by atoms with Crippen LogP contribution < -0.4 is 5.32 Å². The Labute approximate surface area is 95.0 Å². The van der Waals surface area contributed by atoms with Crippen LogP contribution in [-0.2, 0) is 0 Å². The third-order valence-corrected chi connectivity index (χ3v) is 4.04. The molecule has 2 saturated carbocycles. The molecule has 15 heavy (non-hydrogen) atoms. The van der Waals surface area contributed by atoms with E-state index in [1.54, 1.807) is 0 Å². The van der Waals surface area contributed by atoms with Crippen molar-refractivity contribution in [2.24, 2.45) is 11.8 Å². The molecule has 2 fully saturated rings. The number of rotatable bonds is 2. The second kappa shape index (κ2) is 3.67. The minimum atomic E-state index is 0.563. The van der Waals surface area contributed by atoms with Crippen LogP contribution in [-0.4, -0.2) is 11.0 Å². The van der Waals surface area contributed by atoms with Gasteiger partial charge in [-0.1, -0.05) is 18.0 Å². The Bertz CT molecular complexity index is 349. The highest BCUT2D eigenvalue weighted by Crippen LogP contribution is 2.45. The Balaban J connectivity index is 1.68. The Morgan fingerprint density at radius 2 is 2.20 bits per heavy atom. The number of aromatic nitrogens is 1. The number of pyridine rings is 1. The summed E-state index contributed by atoms with van der Waals surface area (Å²) in [6.07, 6.45) is 7.45. The molecule has 0 spiro atoms. The molecule has 0 saturated heterocycles. The lowest BCUT2D eigenvalue weighted by Crippen LogP contribution is -2.25. The summed E-state index contributed by atoms with van der Waals surface area (Å²) in [6.45, 7) is 0. The quantitative estimate of drug-likeness (QED) is 0.777. The van der Waals surface area contributed by atoms with Gasteiger partial charge >= 0.3 is 0 Å². The van der Waals surface area contributed by atoms with Gasteiger partial charge in [-0.15, -0.1) is 0 Å². The minimum Gasteiger partial charge on any atom is -0.381 e. The monoisotopic (exact) mass is 222 g/mol. The van der Waals surface area contributed by atoms with Crippen molar-refractivity contribution in [3.8, 4) is 0 Å². The van der Waals surface area contributed by atoms with Crippen molar-refractivity contribution in [3.63, 3.8) is 0 Å². The fraction of sp³-hybridized carbons (Fsp3) is 0.583. The average molecular weight is 223 g/mol. The summed E-state index contributed by atoms with van der Waals surface area (Å²) in [5.41, 5.74) is 1.11. The summed E-state index contributed by atoms with van der Waals surface area (Å²) >= 11 is 5.75. The number of fused-ring (bicyclic) bond motifs is 2. The first kappa shape index (κ1) is 9.46. The van der Waals surface area contributed by atoms with Crippen molar-refractivity contribution in [1.82, 2.24) is 4.98 Å². The van der Waals surface area contributed by atoms with Gasteiger partial charge in [-0.25, -0.2) is 4.98 Å². The van der Waals surface area contributed by atoms with Gasteiger partial charge in [0.2, 0.25) is 0 Å². The van der Waals surface area contributed by atoms with Crippen molar-refractivity contribution in [1.29, 1.82) is 0 Å². The zero-order valence-corrected chi connectivity index (χ0v) is 9.37. The molecule has 0 radical (unpaired) electrons. The van der Waals surface area contributed by atoms with Gasteiger partial charge in [0.1, 0.15) is 5.15 Å². The molecule has 3 rings (SSSR count). The molecule has 1 N–H and O–H groups in total. The lowest BCUT2D eigenvalue weighted by molar-refractivity contribution is 0.439. The number of hydrogen-bond donors (Lipinski definition) is 1. The first-order valence-corrected chi connectivity index (χ1v) is 6.07. The van der Waals surface area contributed by atoms with Crippen molar-refractivity contribution >= 4 is 17.3 Å². The lowest BCUT2D eigenvalue weighted by Gasteiger charge is -2.23. The number of halogens is 1. The molecule has 2 nitrogen and oxygen atoms in total. The molecule has 3 heteroatoms. The third kappa shape index (κ3) is 1.83. The van der Waals surface area contributed by atoms with E-state index in [-0.39, 0.29) is 0 Å². The van der Waals surface area contributed by atoms with E-state index in [0.29, 0.717) is 11.2 Å². The zero-order chi connectivity index (χ0) is 10.3. The molecule has 3 atom stereocenters. The predicted molar refractivity (Wildman–Crippen MR) is 62.1 cm³/mol. The van der Waals surface area contributed by atoms with Crippen LogP contribution in [0.2, 0.25) is 5.15 Å². The molecule has 80 valence electrons. The molecule has 1 aromatic heterocycles. The summed E-state index contributed by atoms with van der Waals surface area (Å²) in [6, 6.07) is 4.53. The van der Waals surface area contributed by atoms with E-state index in [1.807, 2.05) is 18.3 Å². The molecule has 2 aliphatic carbocycles. The standard InChI is InChI=1S/C12H15ClN2/c13-12-4-3-10(7-14-12)15-11-6-8-1-2-9(11)5-8/h3-4,7-9,11,15H,1-2,5-6H2. The Morgan fingerprint density at radius 3 is 2.80 bits per heavy atom. The van der Waals surface area contributed by atoms with E-state index in [4.69, 9.17) is 11.6 Å². The molecular formula is C12H15ClN2. The van der Waals surface area contributed by atoms with Crippen molar-refractivity contribution < 1.29 is 0 Å². The van der Waals surface area contributed by atoms with Crippen LogP contribution in [0.3, 0.4) is 0 Å². The van der Waals surface area contributed by atoms with Crippen LogP contribution in [0.25, 0.3) is 0 Å². The predicted octanol–water partition coefficient (Wildman–Crippen LogP) is 3.34. The lowest BCUT2D eigenvalue weighted by atomic mass is 9.95. The van der Waals surface area contributed by atoms with E-state index < -0.39 is 0 Å². The van der Waals surface area contributed by atoms with Crippen LogP contribution in [0.15, 0.2) is 18.3 Å². The summed E-state index contributed by atoms with van der Waals surface area (Å²) in [5.74, 6) is 1.87. The Hall–Kier alpha value is -0.760. The molecule has 3 unspecified atom stereocenters. The van der Waals surface area contributed by atoms with Gasteiger partial charge in [0.15, 0.2) is 0 Å². The molecule has 2 aliphatic rings. The van der Waals surface area contributed by atoms with Crippen molar-refractivity contribution in [2.75, 3.05) is 5.32 Å². The fourth-order valence-electron chi connectivity index (χ4n) is 3.10. The Morgan fingerprint density at radius 1 is 1.27 bits per heavy atom. The minimum absolute atomic E-state index is 0.563. The van der Waals surface area contributed by atoms with Gasteiger partial charge in [0.25, 0.3) is 0 Å². The molecule has 1 heterocycles. The third-order valence-electron chi connectivity index (χ3n) is 3.82. The number of nitrogens with zero attached hydrogens (tertiary/aromatic N) is 1. The van der Waals surface area contributed by atoms with Gasteiger partial charge < -0.3 is 5.32 Å². The van der Waals surface area contributed by atoms with E-state index in [2.05, 4.69) is 10.3 Å². The van der Waals surface area contributed by atoms with Crippen LogP contribution in [0.4, 0.5) is 5.69 Å². The van der Waals surface area contributed by atoms with Gasteiger partial charge in [0.05, 0.1) is 11.9 Å². The van der Waals surface area contributed by atoms with Gasteiger partial charge in [-0.05, 0) is 43.2 Å². The van der Waals surface area contributed by atoms with E-state index in [1.165, 1.54) is 25.7 Å². The Kier molecular flexibility index (Phi) is 2.32. The van der Waals surface area contributed by atoms with Gasteiger partial charge in [0, 0.05) is 6.04 Å². The molecule has 0 aliphatic heterocycles. The van der Waals surface area contributed by atoms with E-state index in [9.17, 15) is 0 Å². The van der Waals surface area contributed by atoms with Crippen molar-refractivity contribution in [3.05, 3.63) is 23.5 Å². The van der Waals surface area contributed by atoms with Gasteiger partial charge in [-0.2, -0.15) is 0 Å². The number of anilines is 1. The highest BCUT2D eigenvalue weighted by atomic mass is 35.5. The summed E-state index contributed by atoms with van der Waals surface area (Å²) in [5, 5.41) is 4.14. The second-order valence-corrected chi connectivity index (χ2v) is 5.18. The zero-order valence-electron chi connectivity index (χ0n) is 8.62. The molecule has 2 bridgehead atoms. The summed E-state index contributed by atoms with van der Waals surface area (Å²) in [7, 11) is 0. The van der Waals surface area contributed by atoms with Gasteiger partial charge in [-0.3, -0.25) is 0 Å². The molecule has 0 amide bonds. The highest BCUT2D eigenvalue weighted by Gasteiger charge is 2.39. The van der Waals surface area contributed by atoms with E-state index in [0.717, 1.165) is 17.5 Å². The smallest absolute Gasteiger partial charge is 0.129 e. The topological polar surface area (TPSA) is 24.9 Å². The average Bonchev–Trinajstić information content (AvgIpc) is 2.83.